The van der Waals surface area contributed by atoms with Gasteiger partial charge >= 0.3 is 0 Å². The van der Waals surface area contributed by atoms with Crippen LogP contribution in [0.25, 0.3) is 0 Å². The van der Waals surface area contributed by atoms with E-state index in [1.165, 1.54) is 0 Å². The molecular formula is C15H21N5O. The van der Waals surface area contributed by atoms with Crippen molar-refractivity contribution in [2.75, 3.05) is 5.32 Å². The van der Waals surface area contributed by atoms with Crippen LogP contribution in [-0.4, -0.2) is 25.5 Å². The number of hydrogen-bond acceptors (Lipinski definition) is 3. The van der Waals surface area contributed by atoms with Crippen LogP contribution in [-0.2, 0) is 11.3 Å². The van der Waals surface area contributed by atoms with Gasteiger partial charge in [-0.1, -0.05) is 0 Å². The highest BCUT2D eigenvalue weighted by atomic mass is 16.1. The second kappa shape index (κ2) is 5.02. The Labute approximate surface area is 124 Å². The van der Waals surface area contributed by atoms with Crippen molar-refractivity contribution in [3.8, 4) is 0 Å². The summed E-state index contributed by atoms with van der Waals surface area (Å²) >= 11 is 0. The van der Waals surface area contributed by atoms with E-state index in [0.29, 0.717) is 6.42 Å². The molecule has 1 amide bonds. The maximum Gasteiger partial charge on any atom is 0.226 e. The van der Waals surface area contributed by atoms with Crippen LogP contribution in [0.3, 0.4) is 0 Å². The second-order valence-corrected chi connectivity index (χ2v) is 5.79. The fourth-order valence-electron chi connectivity index (χ4n) is 3.03. The molecule has 0 saturated heterocycles. The molecule has 6 nitrogen and oxygen atoms in total. The minimum absolute atomic E-state index is 0.0403. The molecule has 0 fully saturated rings. The van der Waals surface area contributed by atoms with E-state index in [1.54, 1.807) is 0 Å². The summed E-state index contributed by atoms with van der Waals surface area (Å²) < 4.78 is 3.84. The van der Waals surface area contributed by atoms with Crippen molar-refractivity contribution in [1.82, 2.24) is 19.6 Å². The Kier molecular flexibility index (Phi) is 3.31. The molecule has 1 atom stereocenters. The zero-order chi connectivity index (χ0) is 15.1. The molecule has 3 heterocycles. The number of aromatic nitrogens is 4. The number of amides is 1. The van der Waals surface area contributed by atoms with Crippen LogP contribution in [0.1, 0.15) is 56.0 Å². The second-order valence-electron chi connectivity index (χ2n) is 5.79. The van der Waals surface area contributed by atoms with Gasteiger partial charge in [0.25, 0.3) is 0 Å². The summed E-state index contributed by atoms with van der Waals surface area (Å²) in [6.07, 6.45) is 4.22. The van der Waals surface area contributed by atoms with E-state index >= 15 is 0 Å². The third-order valence-corrected chi connectivity index (χ3v) is 4.15. The van der Waals surface area contributed by atoms with Crippen LogP contribution in [0.5, 0.6) is 0 Å². The first kappa shape index (κ1) is 13.9. The van der Waals surface area contributed by atoms with Gasteiger partial charge in [0.15, 0.2) is 0 Å². The lowest BCUT2D eigenvalue weighted by molar-refractivity contribution is -0.116. The Morgan fingerprint density at radius 3 is 2.67 bits per heavy atom. The Bertz CT molecular complexity index is 682. The van der Waals surface area contributed by atoms with Gasteiger partial charge < -0.3 is 5.32 Å². The minimum Gasteiger partial charge on any atom is -0.311 e. The van der Waals surface area contributed by atoms with Gasteiger partial charge in [0.2, 0.25) is 5.91 Å². The SMILES string of the molecule is CCn1ncc(C2CC(=O)Nc3c2cnn3C(C)C)c1C. The van der Waals surface area contributed by atoms with Crippen molar-refractivity contribution in [3.05, 3.63) is 29.2 Å². The van der Waals surface area contributed by atoms with E-state index in [4.69, 9.17) is 0 Å². The van der Waals surface area contributed by atoms with Gasteiger partial charge in [0.05, 0.1) is 12.4 Å². The van der Waals surface area contributed by atoms with Crippen LogP contribution < -0.4 is 5.32 Å². The lowest BCUT2D eigenvalue weighted by Gasteiger charge is -2.24. The molecular weight excluding hydrogens is 266 g/mol. The largest absolute Gasteiger partial charge is 0.311 e. The minimum atomic E-state index is 0.0403. The van der Waals surface area contributed by atoms with Crippen molar-refractivity contribution >= 4 is 11.7 Å². The number of carbonyl (C=O) groups excluding carboxylic acids is 1. The number of fused-ring (bicyclic) bond motifs is 1. The van der Waals surface area contributed by atoms with Crippen molar-refractivity contribution in [3.63, 3.8) is 0 Å². The highest BCUT2D eigenvalue weighted by Gasteiger charge is 2.32. The zero-order valence-corrected chi connectivity index (χ0v) is 12.9. The summed E-state index contributed by atoms with van der Waals surface area (Å²) in [6, 6.07) is 0.215. The molecule has 0 radical (unpaired) electrons. The van der Waals surface area contributed by atoms with E-state index in [0.717, 1.165) is 29.2 Å². The van der Waals surface area contributed by atoms with Gasteiger partial charge in [0.1, 0.15) is 5.82 Å². The van der Waals surface area contributed by atoms with E-state index in [9.17, 15) is 4.79 Å². The van der Waals surface area contributed by atoms with Gasteiger partial charge in [-0.25, -0.2) is 4.68 Å². The first-order valence-corrected chi connectivity index (χ1v) is 7.42. The van der Waals surface area contributed by atoms with Crippen molar-refractivity contribution in [2.45, 2.75) is 52.6 Å². The van der Waals surface area contributed by atoms with E-state index in [1.807, 2.05) is 21.8 Å². The molecule has 0 aromatic carbocycles. The van der Waals surface area contributed by atoms with Crippen LogP contribution in [0.4, 0.5) is 5.82 Å². The molecule has 112 valence electrons. The summed E-state index contributed by atoms with van der Waals surface area (Å²) in [5.74, 6) is 0.912. The van der Waals surface area contributed by atoms with Crippen LogP contribution in [0.2, 0.25) is 0 Å². The Morgan fingerprint density at radius 2 is 2.05 bits per heavy atom. The number of anilines is 1. The van der Waals surface area contributed by atoms with Gasteiger partial charge in [-0.3, -0.25) is 9.48 Å². The van der Waals surface area contributed by atoms with E-state index < -0.39 is 0 Å². The van der Waals surface area contributed by atoms with Crippen LogP contribution >= 0.6 is 0 Å². The number of nitrogens with one attached hydrogen (secondary N) is 1. The third kappa shape index (κ3) is 2.14. The van der Waals surface area contributed by atoms with Crippen molar-refractivity contribution < 1.29 is 4.79 Å². The fraction of sp³-hybridized carbons (Fsp3) is 0.533. The van der Waals surface area contributed by atoms with Crippen LogP contribution in [0.15, 0.2) is 12.4 Å². The first-order chi connectivity index (χ1) is 10.0. The fourth-order valence-corrected chi connectivity index (χ4v) is 3.03. The maximum absolute atomic E-state index is 12.1. The highest BCUT2D eigenvalue weighted by molar-refractivity contribution is 5.94. The zero-order valence-electron chi connectivity index (χ0n) is 12.9. The third-order valence-electron chi connectivity index (χ3n) is 4.15. The van der Waals surface area contributed by atoms with E-state index in [2.05, 4.69) is 43.2 Å². The average molecular weight is 287 g/mol. The van der Waals surface area contributed by atoms with Gasteiger partial charge in [-0.15, -0.1) is 0 Å². The smallest absolute Gasteiger partial charge is 0.226 e. The Morgan fingerprint density at radius 1 is 1.33 bits per heavy atom. The summed E-state index contributed by atoms with van der Waals surface area (Å²) in [6.45, 7) is 9.08. The summed E-state index contributed by atoms with van der Waals surface area (Å²) in [7, 11) is 0. The van der Waals surface area contributed by atoms with Gasteiger partial charge in [0, 0.05) is 41.7 Å². The molecule has 1 aliphatic rings. The number of rotatable bonds is 3. The molecule has 3 rings (SSSR count). The molecule has 2 aromatic rings. The standard InChI is InChI=1S/C15H21N5O/c1-5-19-10(4)12(7-16-19)11-6-14(21)18-15-13(11)8-17-20(15)9(2)3/h7-9,11H,5-6H2,1-4H3,(H,18,21). The number of carbonyl (C=O) groups is 1. The normalized spacial score (nSPS) is 18.0. The summed E-state index contributed by atoms with van der Waals surface area (Å²) in [5, 5.41) is 11.8. The molecule has 1 unspecified atom stereocenters. The van der Waals surface area contributed by atoms with Gasteiger partial charge in [-0.05, 0) is 27.7 Å². The molecule has 6 heteroatoms. The molecule has 1 N–H and O–H groups in total. The molecule has 0 spiro atoms. The monoisotopic (exact) mass is 287 g/mol. The predicted octanol–water partition coefficient (Wildman–Crippen LogP) is 2.46. The Balaban J connectivity index is 2.09. The average Bonchev–Trinajstić information content (AvgIpc) is 3.01. The maximum atomic E-state index is 12.1. The van der Waals surface area contributed by atoms with Crippen molar-refractivity contribution in [1.29, 1.82) is 0 Å². The topological polar surface area (TPSA) is 64.7 Å². The summed E-state index contributed by atoms with van der Waals surface area (Å²) in [5.41, 5.74) is 3.33. The predicted molar refractivity (Wildman–Crippen MR) is 80.3 cm³/mol. The van der Waals surface area contributed by atoms with Crippen molar-refractivity contribution in [2.24, 2.45) is 0 Å². The quantitative estimate of drug-likeness (QED) is 0.943. The molecule has 2 aromatic heterocycles. The number of aryl methyl sites for hydroxylation is 1. The lowest BCUT2D eigenvalue weighted by Crippen LogP contribution is -2.25. The van der Waals surface area contributed by atoms with Crippen LogP contribution in [0, 0.1) is 6.92 Å². The Hall–Kier alpha value is -2.11. The molecule has 0 aliphatic carbocycles. The summed E-state index contributed by atoms with van der Waals surface area (Å²) in [4.78, 5) is 12.1. The molecule has 0 saturated carbocycles. The van der Waals surface area contributed by atoms with E-state index in [-0.39, 0.29) is 17.9 Å². The molecule has 1 aliphatic heterocycles. The lowest BCUT2D eigenvalue weighted by atomic mass is 9.87. The number of nitrogens with zero attached hydrogens (tertiary/aromatic N) is 4. The van der Waals surface area contributed by atoms with Gasteiger partial charge in [-0.2, -0.15) is 10.2 Å². The molecule has 0 bridgehead atoms. The molecule has 21 heavy (non-hydrogen) atoms. The number of hydrogen-bond donors (Lipinski definition) is 1. The first-order valence-electron chi connectivity index (χ1n) is 7.42. The highest BCUT2D eigenvalue weighted by Crippen LogP contribution is 2.38.